The second kappa shape index (κ2) is 7.73. The van der Waals surface area contributed by atoms with Crippen molar-refractivity contribution in [3.63, 3.8) is 0 Å². The van der Waals surface area contributed by atoms with Gasteiger partial charge in [0.1, 0.15) is 0 Å². The Hall–Kier alpha value is -2.95. The van der Waals surface area contributed by atoms with Gasteiger partial charge in [-0.1, -0.05) is 18.2 Å². The number of ether oxygens (including phenoxy) is 1. The molecule has 1 aromatic heterocycles. The number of amides is 1. The monoisotopic (exact) mass is 296 g/mol. The molecular weight excluding hydrogens is 280 g/mol. The average molecular weight is 296 g/mol. The number of esters is 1. The number of rotatable bonds is 5. The van der Waals surface area contributed by atoms with Gasteiger partial charge < -0.3 is 10.1 Å². The summed E-state index contributed by atoms with van der Waals surface area (Å²) in [4.78, 5) is 27.1. The lowest BCUT2D eigenvalue weighted by atomic mass is 10.1. The first-order chi connectivity index (χ1) is 10.7. The highest BCUT2D eigenvalue weighted by atomic mass is 16.5. The molecular formula is C17H16N2O3. The summed E-state index contributed by atoms with van der Waals surface area (Å²) in [6.45, 7) is 0.380. The van der Waals surface area contributed by atoms with Crippen molar-refractivity contribution in [2.45, 2.75) is 6.54 Å². The van der Waals surface area contributed by atoms with E-state index >= 15 is 0 Å². The van der Waals surface area contributed by atoms with Crippen molar-refractivity contribution in [1.82, 2.24) is 10.3 Å². The Kier molecular flexibility index (Phi) is 5.43. The lowest BCUT2D eigenvalue weighted by Gasteiger charge is -2.01. The van der Waals surface area contributed by atoms with Gasteiger partial charge in [0.05, 0.1) is 24.9 Å². The van der Waals surface area contributed by atoms with Crippen LogP contribution in [-0.4, -0.2) is 24.0 Å². The number of hydrogen-bond donors (Lipinski definition) is 1. The maximum absolute atomic E-state index is 11.7. The van der Waals surface area contributed by atoms with E-state index in [1.807, 2.05) is 18.2 Å². The normalized spacial score (nSPS) is 10.4. The van der Waals surface area contributed by atoms with Gasteiger partial charge >= 0.3 is 5.97 Å². The quantitative estimate of drug-likeness (QED) is 0.678. The predicted octanol–water partition coefficient (Wildman–Crippen LogP) is 2.20. The number of benzene rings is 1. The Bertz CT molecular complexity index is 664. The summed E-state index contributed by atoms with van der Waals surface area (Å²) >= 11 is 0. The minimum atomic E-state index is -0.386. The first-order valence-corrected chi connectivity index (χ1v) is 6.73. The molecule has 0 unspecified atom stereocenters. The summed E-state index contributed by atoms with van der Waals surface area (Å²) in [6, 6.07) is 12.3. The standard InChI is InChI=1S/C17H16N2O3/c1-22-17(21)14-8-5-13(6-9-14)7-10-16(20)19-12-15-4-2-3-11-18-15/h2-11H,12H2,1H3,(H,19,20)/b10-7+. The van der Waals surface area contributed by atoms with E-state index in [1.165, 1.54) is 13.2 Å². The van der Waals surface area contributed by atoms with E-state index in [4.69, 9.17) is 0 Å². The zero-order valence-electron chi connectivity index (χ0n) is 12.2. The molecule has 112 valence electrons. The van der Waals surface area contributed by atoms with Crippen molar-refractivity contribution in [1.29, 1.82) is 0 Å². The van der Waals surface area contributed by atoms with Crippen LogP contribution in [0, 0.1) is 0 Å². The fraction of sp³-hybridized carbons (Fsp3) is 0.118. The fourth-order valence-corrected chi connectivity index (χ4v) is 1.76. The van der Waals surface area contributed by atoms with Gasteiger partial charge in [0, 0.05) is 12.3 Å². The zero-order chi connectivity index (χ0) is 15.8. The highest BCUT2D eigenvalue weighted by molar-refractivity contribution is 5.92. The number of nitrogens with one attached hydrogen (secondary N) is 1. The highest BCUT2D eigenvalue weighted by Crippen LogP contribution is 2.07. The van der Waals surface area contributed by atoms with E-state index in [2.05, 4.69) is 15.0 Å². The summed E-state index contributed by atoms with van der Waals surface area (Å²) in [5.41, 5.74) is 2.09. The molecule has 1 heterocycles. The molecule has 0 aliphatic carbocycles. The van der Waals surface area contributed by atoms with Crippen LogP contribution in [0.1, 0.15) is 21.6 Å². The van der Waals surface area contributed by atoms with Crippen molar-refractivity contribution in [2.24, 2.45) is 0 Å². The summed E-state index contributed by atoms with van der Waals surface area (Å²) < 4.78 is 4.62. The zero-order valence-corrected chi connectivity index (χ0v) is 12.2. The summed E-state index contributed by atoms with van der Waals surface area (Å²) in [6.07, 6.45) is 4.80. The Balaban J connectivity index is 1.88. The van der Waals surface area contributed by atoms with Crippen LogP contribution in [-0.2, 0) is 16.1 Å². The van der Waals surface area contributed by atoms with Crippen LogP contribution in [0.4, 0.5) is 0 Å². The number of aromatic nitrogens is 1. The van der Waals surface area contributed by atoms with E-state index in [9.17, 15) is 9.59 Å². The number of hydrogen-bond acceptors (Lipinski definition) is 4. The van der Waals surface area contributed by atoms with Gasteiger partial charge in [0.15, 0.2) is 0 Å². The van der Waals surface area contributed by atoms with E-state index in [1.54, 1.807) is 36.5 Å². The molecule has 1 N–H and O–H groups in total. The Morgan fingerprint density at radius 2 is 1.95 bits per heavy atom. The van der Waals surface area contributed by atoms with E-state index in [-0.39, 0.29) is 11.9 Å². The molecule has 0 atom stereocenters. The third-order valence-electron chi connectivity index (χ3n) is 2.93. The molecule has 5 heteroatoms. The van der Waals surface area contributed by atoms with Gasteiger partial charge in [-0.15, -0.1) is 0 Å². The molecule has 2 rings (SSSR count). The maximum atomic E-state index is 11.7. The van der Waals surface area contributed by atoms with Gasteiger partial charge in [0.2, 0.25) is 5.91 Å². The van der Waals surface area contributed by atoms with Crippen LogP contribution in [0.15, 0.2) is 54.7 Å². The van der Waals surface area contributed by atoms with E-state index in [0.29, 0.717) is 12.1 Å². The number of carbonyl (C=O) groups is 2. The molecule has 0 bridgehead atoms. The molecule has 5 nitrogen and oxygen atoms in total. The van der Waals surface area contributed by atoms with Crippen LogP contribution < -0.4 is 5.32 Å². The molecule has 0 spiro atoms. The Morgan fingerprint density at radius 3 is 2.59 bits per heavy atom. The molecule has 1 amide bonds. The SMILES string of the molecule is COC(=O)c1ccc(/C=C/C(=O)NCc2ccccn2)cc1. The molecule has 0 saturated heterocycles. The molecule has 0 fully saturated rings. The first-order valence-electron chi connectivity index (χ1n) is 6.73. The Morgan fingerprint density at radius 1 is 1.18 bits per heavy atom. The predicted molar refractivity (Wildman–Crippen MR) is 82.9 cm³/mol. The minimum Gasteiger partial charge on any atom is -0.465 e. The summed E-state index contributed by atoms with van der Waals surface area (Å²) in [5.74, 6) is -0.591. The summed E-state index contributed by atoms with van der Waals surface area (Å²) in [5, 5.41) is 2.75. The fourth-order valence-electron chi connectivity index (χ4n) is 1.76. The Labute approximate surface area is 128 Å². The minimum absolute atomic E-state index is 0.206. The highest BCUT2D eigenvalue weighted by Gasteiger charge is 2.03. The lowest BCUT2D eigenvalue weighted by molar-refractivity contribution is -0.116. The van der Waals surface area contributed by atoms with Gasteiger partial charge in [0.25, 0.3) is 0 Å². The number of nitrogens with zero attached hydrogens (tertiary/aromatic N) is 1. The third-order valence-corrected chi connectivity index (χ3v) is 2.93. The largest absolute Gasteiger partial charge is 0.465 e. The van der Waals surface area contributed by atoms with Crippen LogP contribution in [0.5, 0.6) is 0 Å². The number of methoxy groups -OCH3 is 1. The second-order valence-electron chi connectivity index (χ2n) is 4.49. The van der Waals surface area contributed by atoms with Gasteiger partial charge in [-0.2, -0.15) is 0 Å². The molecule has 0 saturated carbocycles. The van der Waals surface area contributed by atoms with Gasteiger partial charge in [-0.05, 0) is 35.9 Å². The molecule has 0 aliphatic rings. The van der Waals surface area contributed by atoms with Crippen molar-refractivity contribution in [3.8, 4) is 0 Å². The smallest absolute Gasteiger partial charge is 0.337 e. The molecule has 2 aromatic rings. The third kappa shape index (κ3) is 4.56. The maximum Gasteiger partial charge on any atom is 0.337 e. The van der Waals surface area contributed by atoms with Crippen LogP contribution in [0.25, 0.3) is 6.08 Å². The van der Waals surface area contributed by atoms with Crippen molar-refractivity contribution in [3.05, 3.63) is 71.6 Å². The second-order valence-corrected chi connectivity index (χ2v) is 4.49. The van der Waals surface area contributed by atoms with Crippen LogP contribution in [0.2, 0.25) is 0 Å². The van der Waals surface area contributed by atoms with Crippen molar-refractivity contribution < 1.29 is 14.3 Å². The van der Waals surface area contributed by atoms with Crippen LogP contribution in [0.3, 0.4) is 0 Å². The van der Waals surface area contributed by atoms with Gasteiger partial charge in [-0.25, -0.2) is 4.79 Å². The van der Waals surface area contributed by atoms with Crippen molar-refractivity contribution in [2.75, 3.05) is 7.11 Å². The van der Waals surface area contributed by atoms with E-state index < -0.39 is 0 Å². The summed E-state index contributed by atoms with van der Waals surface area (Å²) in [7, 11) is 1.34. The first kappa shape index (κ1) is 15.4. The average Bonchev–Trinajstić information content (AvgIpc) is 2.58. The number of pyridine rings is 1. The topological polar surface area (TPSA) is 68.3 Å². The lowest BCUT2D eigenvalue weighted by Crippen LogP contribution is -2.20. The molecule has 0 radical (unpaired) electrons. The van der Waals surface area contributed by atoms with Crippen molar-refractivity contribution >= 4 is 18.0 Å². The van der Waals surface area contributed by atoms with Gasteiger partial charge in [-0.3, -0.25) is 9.78 Å². The molecule has 22 heavy (non-hydrogen) atoms. The van der Waals surface area contributed by atoms with Crippen LogP contribution >= 0.6 is 0 Å². The molecule has 1 aromatic carbocycles. The number of carbonyl (C=O) groups excluding carboxylic acids is 2. The van der Waals surface area contributed by atoms with E-state index in [0.717, 1.165) is 11.3 Å². The molecule has 0 aliphatic heterocycles.